The van der Waals surface area contributed by atoms with Crippen LogP contribution < -0.4 is 11.1 Å². The summed E-state index contributed by atoms with van der Waals surface area (Å²) >= 11 is 3.19. The van der Waals surface area contributed by atoms with Crippen LogP contribution in [0.5, 0.6) is 0 Å². The molecule has 0 amide bonds. The number of pyridine rings is 1. The van der Waals surface area contributed by atoms with Gasteiger partial charge in [-0.15, -0.1) is 0 Å². The predicted molar refractivity (Wildman–Crippen MR) is 66.0 cm³/mol. The van der Waals surface area contributed by atoms with Crippen LogP contribution in [0.1, 0.15) is 0 Å². The van der Waals surface area contributed by atoms with Gasteiger partial charge in [0.2, 0.25) is 0 Å². The van der Waals surface area contributed by atoms with Crippen LogP contribution >= 0.6 is 15.9 Å². The summed E-state index contributed by atoms with van der Waals surface area (Å²) in [5.74, 6) is 0.167. The molecule has 1 aromatic carbocycles. The maximum Gasteiger partial charge on any atom is 0.147 e. The number of aromatic nitrogens is 1. The normalized spacial score (nSPS) is 10.1. The molecule has 0 aliphatic heterocycles. The number of hydrogen-bond donors (Lipinski definition) is 2. The van der Waals surface area contributed by atoms with Gasteiger partial charge in [-0.1, -0.05) is 15.9 Å². The fourth-order valence-electron chi connectivity index (χ4n) is 1.24. The van der Waals surface area contributed by atoms with Gasteiger partial charge in [-0.2, -0.15) is 0 Å². The zero-order valence-electron chi connectivity index (χ0n) is 8.24. The van der Waals surface area contributed by atoms with E-state index < -0.39 is 0 Å². The second kappa shape index (κ2) is 4.49. The fraction of sp³-hybridized carbons (Fsp3) is 0. The van der Waals surface area contributed by atoms with Crippen LogP contribution in [0, 0.1) is 5.82 Å². The SMILES string of the molecule is Nc1ccnc(Nc2ccc(Br)cc2F)c1. The second-order valence-corrected chi connectivity index (χ2v) is 4.14. The van der Waals surface area contributed by atoms with Crippen molar-refractivity contribution in [3.8, 4) is 0 Å². The van der Waals surface area contributed by atoms with Gasteiger partial charge in [-0.25, -0.2) is 9.37 Å². The Balaban J connectivity index is 2.27. The van der Waals surface area contributed by atoms with Crippen molar-refractivity contribution in [2.45, 2.75) is 0 Å². The lowest BCUT2D eigenvalue weighted by Crippen LogP contribution is -1.97. The molecule has 3 nitrogen and oxygen atoms in total. The molecule has 82 valence electrons. The van der Waals surface area contributed by atoms with Gasteiger partial charge in [0.15, 0.2) is 0 Å². The first kappa shape index (κ1) is 10.9. The van der Waals surface area contributed by atoms with Crippen LogP contribution in [-0.2, 0) is 0 Å². The third-order valence-electron chi connectivity index (χ3n) is 1.98. The molecule has 0 saturated heterocycles. The van der Waals surface area contributed by atoms with Crippen molar-refractivity contribution in [3.63, 3.8) is 0 Å². The van der Waals surface area contributed by atoms with Gasteiger partial charge in [0.1, 0.15) is 11.6 Å². The molecule has 0 radical (unpaired) electrons. The van der Waals surface area contributed by atoms with Gasteiger partial charge < -0.3 is 11.1 Å². The topological polar surface area (TPSA) is 50.9 Å². The molecule has 1 heterocycles. The molecule has 0 fully saturated rings. The minimum Gasteiger partial charge on any atom is -0.399 e. The van der Waals surface area contributed by atoms with Crippen molar-refractivity contribution < 1.29 is 4.39 Å². The Morgan fingerprint density at radius 2 is 2.06 bits per heavy atom. The van der Waals surface area contributed by atoms with E-state index in [9.17, 15) is 4.39 Å². The molecule has 5 heteroatoms. The standard InChI is InChI=1S/C11H9BrFN3/c12-7-1-2-10(9(13)5-7)16-11-6-8(14)3-4-15-11/h1-6H,(H3,14,15,16). The number of nitrogens with zero attached hydrogens (tertiary/aromatic N) is 1. The number of halogens is 2. The Morgan fingerprint density at radius 1 is 1.25 bits per heavy atom. The highest BCUT2D eigenvalue weighted by Crippen LogP contribution is 2.22. The maximum atomic E-state index is 13.5. The average Bonchev–Trinajstić information content (AvgIpc) is 2.22. The van der Waals surface area contributed by atoms with E-state index in [1.54, 1.807) is 30.5 Å². The van der Waals surface area contributed by atoms with E-state index in [0.717, 1.165) is 0 Å². The molecule has 1 aromatic heterocycles. The number of nitrogens with one attached hydrogen (secondary N) is 1. The van der Waals surface area contributed by atoms with Gasteiger partial charge in [-0.05, 0) is 24.3 Å². The second-order valence-electron chi connectivity index (χ2n) is 3.22. The van der Waals surface area contributed by atoms with E-state index >= 15 is 0 Å². The Bertz CT molecular complexity index is 516. The molecule has 2 rings (SSSR count). The Kier molecular flexibility index (Phi) is 3.05. The largest absolute Gasteiger partial charge is 0.399 e. The van der Waals surface area contributed by atoms with E-state index in [1.165, 1.54) is 6.07 Å². The lowest BCUT2D eigenvalue weighted by molar-refractivity contribution is 0.631. The molecular formula is C11H9BrFN3. The highest BCUT2D eigenvalue weighted by molar-refractivity contribution is 9.10. The van der Waals surface area contributed by atoms with Crippen LogP contribution in [-0.4, -0.2) is 4.98 Å². The summed E-state index contributed by atoms with van der Waals surface area (Å²) in [4.78, 5) is 4.03. The van der Waals surface area contributed by atoms with E-state index in [0.29, 0.717) is 21.7 Å². The molecule has 0 saturated carbocycles. The van der Waals surface area contributed by atoms with Gasteiger partial charge in [0.25, 0.3) is 0 Å². The van der Waals surface area contributed by atoms with Crippen molar-refractivity contribution in [2.75, 3.05) is 11.1 Å². The summed E-state index contributed by atoms with van der Waals surface area (Å²) in [6, 6.07) is 8.07. The highest BCUT2D eigenvalue weighted by atomic mass is 79.9. The smallest absolute Gasteiger partial charge is 0.147 e. The lowest BCUT2D eigenvalue weighted by Gasteiger charge is -2.07. The van der Waals surface area contributed by atoms with Crippen LogP contribution in [0.3, 0.4) is 0 Å². The number of hydrogen-bond acceptors (Lipinski definition) is 3. The highest BCUT2D eigenvalue weighted by Gasteiger charge is 2.03. The van der Waals surface area contributed by atoms with Crippen molar-refractivity contribution >= 4 is 33.1 Å². The zero-order valence-corrected chi connectivity index (χ0v) is 9.83. The van der Waals surface area contributed by atoms with Crippen molar-refractivity contribution in [1.82, 2.24) is 4.98 Å². The number of nitrogens with two attached hydrogens (primary N) is 1. The quantitative estimate of drug-likeness (QED) is 0.888. The summed E-state index contributed by atoms with van der Waals surface area (Å²) in [7, 11) is 0. The van der Waals surface area contributed by atoms with E-state index in [2.05, 4.69) is 26.2 Å². The average molecular weight is 282 g/mol. The number of anilines is 3. The first-order valence-electron chi connectivity index (χ1n) is 4.59. The van der Waals surface area contributed by atoms with Crippen LogP contribution in [0.15, 0.2) is 41.0 Å². The number of rotatable bonds is 2. The monoisotopic (exact) mass is 281 g/mol. The number of benzene rings is 1. The summed E-state index contributed by atoms with van der Waals surface area (Å²) in [6.45, 7) is 0. The van der Waals surface area contributed by atoms with Gasteiger partial charge >= 0.3 is 0 Å². The van der Waals surface area contributed by atoms with Crippen LogP contribution in [0.25, 0.3) is 0 Å². The molecule has 2 aromatic rings. The summed E-state index contributed by atoms with van der Waals surface area (Å²) in [5, 5.41) is 2.85. The molecule has 0 aliphatic carbocycles. The summed E-state index contributed by atoms with van der Waals surface area (Å²) in [6.07, 6.45) is 1.56. The first-order valence-corrected chi connectivity index (χ1v) is 5.38. The van der Waals surface area contributed by atoms with Crippen molar-refractivity contribution in [1.29, 1.82) is 0 Å². The molecule has 0 bridgehead atoms. The molecular weight excluding hydrogens is 273 g/mol. The molecule has 16 heavy (non-hydrogen) atoms. The van der Waals surface area contributed by atoms with Gasteiger partial charge in [0, 0.05) is 22.4 Å². The Labute approximate surface area is 101 Å². The minimum atomic E-state index is -0.349. The number of nitrogen functional groups attached to an aromatic ring is 1. The van der Waals surface area contributed by atoms with Gasteiger partial charge in [0.05, 0.1) is 5.69 Å². The summed E-state index contributed by atoms with van der Waals surface area (Å²) in [5.41, 5.74) is 6.53. The molecule has 0 unspecified atom stereocenters. The third-order valence-corrected chi connectivity index (χ3v) is 2.47. The van der Waals surface area contributed by atoms with Crippen LogP contribution in [0.2, 0.25) is 0 Å². The molecule has 0 aliphatic rings. The molecule has 0 atom stereocenters. The fourth-order valence-corrected chi connectivity index (χ4v) is 1.58. The summed E-state index contributed by atoms with van der Waals surface area (Å²) < 4.78 is 14.2. The lowest BCUT2D eigenvalue weighted by atomic mass is 10.3. The van der Waals surface area contributed by atoms with E-state index in [4.69, 9.17) is 5.73 Å². The van der Waals surface area contributed by atoms with Crippen molar-refractivity contribution in [3.05, 3.63) is 46.8 Å². The van der Waals surface area contributed by atoms with Gasteiger partial charge in [-0.3, -0.25) is 0 Å². The zero-order chi connectivity index (χ0) is 11.5. The van der Waals surface area contributed by atoms with E-state index in [-0.39, 0.29) is 5.82 Å². The Hall–Kier alpha value is -1.62. The maximum absolute atomic E-state index is 13.5. The minimum absolute atomic E-state index is 0.349. The predicted octanol–water partition coefficient (Wildman–Crippen LogP) is 3.31. The molecule has 3 N–H and O–H groups in total. The molecule has 0 spiro atoms. The third kappa shape index (κ3) is 2.49. The van der Waals surface area contributed by atoms with E-state index in [1.807, 2.05) is 0 Å². The van der Waals surface area contributed by atoms with Crippen molar-refractivity contribution in [2.24, 2.45) is 0 Å². The first-order chi connectivity index (χ1) is 7.65. The van der Waals surface area contributed by atoms with Crippen LogP contribution in [0.4, 0.5) is 21.6 Å². The Morgan fingerprint density at radius 3 is 2.75 bits per heavy atom.